The van der Waals surface area contributed by atoms with E-state index in [4.69, 9.17) is 9.72 Å². The molecule has 1 N–H and O–H groups in total. The summed E-state index contributed by atoms with van der Waals surface area (Å²) in [6.07, 6.45) is 5.11. The van der Waals surface area contributed by atoms with E-state index in [1.807, 2.05) is 30.5 Å². The van der Waals surface area contributed by atoms with E-state index in [1.165, 1.54) is 11.8 Å². The van der Waals surface area contributed by atoms with Crippen LogP contribution in [0.1, 0.15) is 50.5 Å². The fourth-order valence-corrected chi connectivity index (χ4v) is 4.34. The number of amides is 1. The van der Waals surface area contributed by atoms with Crippen molar-refractivity contribution in [3.63, 3.8) is 0 Å². The number of hydrogen-bond donors (Lipinski definition) is 1. The summed E-state index contributed by atoms with van der Waals surface area (Å²) in [6, 6.07) is 7.72. The lowest BCUT2D eigenvalue weighted by molar-refractivity contribution is -0.138. The van der Waals surface area contributed by atoms with E-state index in [0.717, 1.165) is 42.1 Å². The van der Waals surface area contributed by atoms with Gasteiger partial charge < -0.3 is 19.3 Å². The summed E-state index contributed by atoms with van der Waals surface area (Å²) in [5, 5.41) is 9.36. The van der Waals surface area contributed by atoms with Gasteiger partial charge in [0.25, 0.3) is 5.91 Å². The van der Waals surface area contributed by atoms with E-state index >= 15 is 0 Å². The van der Waals surface area contributed by atoms with Gasteiger partial charge in [-0.25, -0.2) is 4.98 Å². The summed E-state index contributed by atoms with van der Waals surface area (Å²) in [5.74, 6) is -0.143. The molecule has 8 heteroatoms. The van der Waals surface area contributed by atoms with Crippen LogP contribution in [0.2, 0.25) is 0 Å². The van der Waals surface area contributed by atoms with Gasteiger partial charge in [-0.15, -0.1) is 11.8 Å². The largest absolute Gasteiger partial charge is 0.480 e. The van der Waals surface area contributed by atoms with E-state index < -0.39 is 10.7 Å². The van der Waals surface area contributed by atoms with Crippen molar-refractivity contribution in [3.8, 4) is 11.4 Å². The number of aliphatic carboxylic acids is 1. The predicted molar refractivity (Wildman–Crippen MR) is 121 cm³/mol. The first kappa shape index (κ1) is 23.3. The monoisotopic (exact) mass is 445 g/mol. The number of thioether (sulfide) groups is 1. The van der Waals surface area contributed by atoms with E-state index in [-0.39, 0.29) is 5.91 Å². The average Bonchev–Trinajstić information content (AvgIpc) is 3.18. The van der Waals surface area contributed by atoms with Crippen LogP contribution in [-0.4, -0.2) is 62.5 Å². The van der Waals surface area contributed by atoms with Crippen LogP contribution in [0.5, 0.6) is 0 Å². The van der Waals surface area contributed by atoms with Crippen LogP contribution in [0.3, 0.4) is 0 Å². The molecule has 0 unspecified atom stereocenters. The Morgan fingerprint density at radius 3 is 2.45 bits per heavy atom. The number of nitrogens with zero attached hydrogens (tertiary/aromatic N) is 3. The van der Waals surface area contributed by atoms with Gasteiger partial charge in [-0.3, -0.25) is 9.59 Å². The quantitative estimate of drug-likeness (QED) is 0.461. The van der Waals surface area contributed by atoms with Crippen molar-refractivity contribution >= 4 is 23.6 Å². The molecule has 2 aromatic rings. The van der Waals surface area contributed by atoms with Crippen molar-refractivity contribution in [3.05, 3.63) is 36.2 Å². The molecule has 0 radical (unpaired) electrons. The van der Waals surface area contributed by atoms with Crippen LogP contribution in [0.15, 0.2) is 35.4 Å². The molecule has 0 saturated carbocycles. The molecule has 0 atom stereocenters. The molecule has 0 spiro atoms. The molecule has 31 heavy (non-hydrogen) atoms. The van der Waals surface area contributed by atoms with Crippen molar-refractivity contribution in [1.82, 2.24) is 14.5 Å². The molecule has 1 saturated heterocycles. The number of carboxylic acid groups (broad SMARTS) is 1. The molecule has 3 rings (SSSR count). The Morgan fingerprint density at radius 1 is 1.16 bits per heavy atom. The number of rotatable bonds is 9. The Kier molecular flexibility index (Phi) is 7.78. The summed E-state index contributed by atoms with van der Waals surface area (Å²) in [7, 11) is 0. The summed E-state index contributed by atoms with van der Waals surface area (Å²) in [4.78, 5) is 31.7. The van der Waals surface area contributed by atoms with Crippen LogP contribution < -0.4 is 0 Å². The van der Waals surface area contributed by atoms with E-state index in [1.54, 1.807) is 18.7 Å². The topological polar surface area (TPSA) is 84.7 Å². The number of unbranched alkanes of at least 4 members (excludes halogenated alkanes) is 2. The van der Waals surface area contributed by atoms with Crippen LogP contribution in [0.4, 0.5) is 0 Å². The van der Waals surface area contributed by atoms with Crippen molar-refractivity contribution in [2.45, 2.75) is 56.2 Å². The third-order valence-electron chi connectivity index (χ3n) is 5.30. The lowest BCUT2D eigenvalue weighted by Gasteiger charge is -2.25. The van der Waals surface area contributed by atoms with Crippen LogP contribution >= 0.6 is 11.8 Å². The molecule has 0 bridgehead atoms. The second-order valence-corrected chi connectivity index (χ2v) is 9.89. The molecule has 168 valence electrons. The highest BCUT2D eigenvalue weighted by molar-refractivity contribution is 8.01. The van der Waals surface area contributed by atoms with Gasteiger partial charge in [0.2, 0.25) is 0 Å². The molecule has 7 nitrogen and oxygen atoms in total. The highest BCUT2D eigenvalue weighted by Gasteiger charge is 2.28. The zero-order valence-corrected chi connectivity index (χ0v) is 19.3. The second kappa shape index (κ2) is 10.3. The Bertz CT molecular complexity index is 902. The van der Waals surface area contributed by atoms with Crippen molar-refractivity contribution in [2.24, 2.45) is 0 Å². The van der Waals surface area contributed by atoms with Crippen LogP contribution in [0.25, 0.3) is 11.4 Å². The smallest absolute Gasteiger partial charge is 0.319 e. The first-order valence-electron chi connectivity index (χ1n) is 10.8. The maximum Gasteiger partial charge on any atom is 0.319 e. The van der Waals surface area contributed by atoms with Gasteiger partial charge in [-0.1, -0.05) is 31.9 Å². The summed E-state index contributed by atoms with van der Waals surface area (Å²) in [5.41, 5.74) is 1.37. The van der Waals surface area contributed by atoms with Gasteiger partial charge in [0.05, 0.1) is 13.2 Å². The SMILES string of the molecule is CCCCCn1cc(C(=O)N2CCOCC2)nc1-c1ccc(SC(C)(C)C(=O)O)cc1. The highest BCUT2D eigenvalue weighted by Crippen LogP contribution is 2.34. The van der Waals surface area contributed by atoms with Crippen molar-refractivity contribution in [1.29, 1.82) is 0 Å². The Hall–Kier alpha value is -2.32. The molecular weight excluding hydrogens is 414 g/mol. The van der Waals surface area contributed by atoms with E-state index in [9.17, 15) is 14.7 Å². The number of hydrogen-bond acceptors (Lipinski definition) is 5. The van der Waals surface area contributed by atoms with Gasteiger partial charge >= 0.3 is 5.97 Å². The first-order valence-corrected chi connectivity index (χ1v) is 11.6. The van der Waals surface area contributed by atoms with Gasteiger partial charge in [0.15, 0.2) is 0 Å². The third-order valence-corrected chi connectivity index (χ3v) is 6.49. The fraction of sp³-hybridized carbons (Fsp3) is 0.522. The van der Waals surface area contributed by atoms with Crippen molar-refractivity contribution < 1.29 is 19.4 Å². The Morgan fingerprint density at radius 2 is 1.84 bits per heavy atom. The lowest BCUT2D eigenvalue weighted by atomic mass is 10.2. The molecule has 1 aliphatic rings. The molecule has 1 aromatic carbocycles. The molecule has 1 amide bonds. The van der Waals surface area contributed by atoms with Gasteiger partial charge in [-0.05, 0) is 32.4 Å². The average molecular weight is 446 g/mol. The highest BCUT2D eigenvalue weighted by atomic mass is 32.2. The summed E-state index contributed by atoms with van der Waals surface area (Å²) < 4.78 is 6.51. The predicted octanol–water partition coefficient (Wildman–Crippen LogP) is 4.17. The van der Waals surface area contributed by atoms with Gasteiger partial charge in [-0.2, -0.15) is 0 Å². The third kappa shape index (κ3) is 5.89. The number of benzene rings is 1. The van der Waals surface area contributed by atoms with Crippen LogP contribution in [-0.2, 0) is 16.1 Å². The zero-order valence-electron chi connectivity index (χ0n) is 18.5. The maximum atomic E-state index is 12.9. The number of ether oxygens (including phenoxy) is 1. The Labute approximate surface area is 187 Å². The molecule has 2 heterocycles. The molecule has 1 aromatic heterocycles. The number of imidazole rings is 1. The minimum atomic E-state index is -0.905. The van der Waals surface area contributed by atoms with Gasteiger partial charge in [0.1, 0.15) is 16.3 Å². The number of carbonyl (C=O) groups excluding carboxylic acids is 1. The first-order chi connectivity index (χ1) is 14.8. The zero-order chi connectivity index (χ0) is 22.4. The molecule has 1 aliphatic heterocycles. The number of aryl methyl sites for hydroxylation is 1. The van der Waals surface area contributed by atoms with Gasteiger partial charge in [0, 0.05) is 36.3 Å². The fourth-order valence-electron chi connectivity index (χ4n) is 3.39. The lowest BCUT2D eigenvalue weighted by Crippen LogP contribution is -2.40. The normalized spacial score (nSPS) is 14.6. The number of morpholine rings is 1. The molecular formula is C23H31N3O4S. The Balaban J connectivity index is 1.84. The summed E-state index contributed by atoms with van der Waals surface area (Å²) >= 11 is 1.31. The minimum absolute atomic E-state index is 0.0609. The number of carbonyl (C=O) groups is 2. The summed E-state index contributed by atoms with van der Waals surface area (Å²) in [6.45, 7) is 8.63. The van der Waals surface area contributed by atoms with E-state index in [0.29, 0.717) is 32.0 Å². The maximum absolute atomic E-state index is 12.9. The molecule has 1 fully saturated rings. The van der Waals surface area contributed by atoms with Crippen LogP contribution in [0, 0.1) is 0 Å². The standard InChI is InChI=1S/C23H31N3O4S/c1-4-5-6-11-26-16-19(21(27)25-12-14-30-15-13-25)24-20(26)17-7-9-18(10-8-17)31-23(2,3)22(28)29/h7-10,16H,4-6,11-15H2,1-3H3,(H,28,29). The molecule has 0 aliphatic carbocycles. The minimum Gasteiger partial charge on any atom is -0.480 e. The van der Waals surface area contributed by atoms with Crippen molar-refractivity contribution in [2.75, 3.05) is 26.3 Å². The van der Waals surface area contributed by atoms with E-state index in [2.05, 4.69) is 11.5 Å². The second-order valence-electron chi connectivity index (χ2n) is 8.20. The number of carboxylic acids is 1. The number of aromatic nitrogens is 2.